The summed E-state index contributed by atoms with van der Waals surface area (Å²) in [6.07, 6.45) is 2.90. The Balaban J connectivity index is 0.000000810. The number of aromatic nitrogens is 2. The average molecular weight is 320 g/mol. The minimum Gasteiger partial charge on any atom is -0.405 e. The van der Waals surface area contributed by atoms with Gasteiger partial charge in [-0.2, -0.15) is 0 Å². The first-order valence-corrected chi connectivity index (χ1v) is 2.32. The van der Waals surface area contributed by atoms with E-state index in [2.05, 4.69) is 9.85 Å². The van der Waals surface area contributed by atoms with Gasteiger partial charge in [-0.05, 0) is 6.07 Å². The van der Waals surface area contributed by atoms with Gasteiger partial charge in [0.25, 0.3) is 0 Å². The standard InChI is InChI=1S/C3H5BN2O3.Ir/c7-4(8)9-6-3-1-2-5-6;/h1-3,7-8H;/q;+3. The molecule has 1 rings (SSSR count). The molecule has 0 aliphatic heterocycles. The van der Waals surface area contributed by atoms with Gasteiger partial charge in [-0.25, -0.2) is 0 Å². The second-order valence-corrected chi connectivity index (χ2v) is 1.34. The van der Waals surface area contributed by atoms with Gasteiger partial charge in [-0.3, -0.25) is 0 Å². The molecule has 1 heterocycles. The van der Waals surface area contributed by atoms with Crippen LogP contribution in [0.1, 0.15) is 0 Å². The molecule has 0 amide bonds. The van der Waals surface area contributed by atoms with Crippen LogP contribution in [0.2, 0.25) is 0 Å². The van der Waals surface area contributed by atoms with Crippen LogP contribution in [0, 0.1) is 0 Å². The molecule has 0 bridgehead atoms. The summed E-state index contributed by atoms with van der Waals surface area (Å²) in [5.74, 6) is 0. The van der Waals surface area contributed by atoms with E-state index in [1.54, 1.807) is 6.07 Å². The van der Waals surface area contributed by atoms with Crippen molar-refractivity contribution in [2.45, 2.75) is 0 Å². The number of nitrogens with zero attached hydrogens (tertiary/aromatic N) is 2. The van der Waals surface area contributed by atoms with Crippen LogP contribution < -0.4 is 4.76 Å². The Morgan fingerprint density at radius 3 is 2.60 bits per heavy atom. The molecule has 54 valence electrons. The Labute approximate surface area is 71.1 Å². The van der Waals surface area contributed by atoms with E-state index in [-0.39, 0.29) is 20.1 Å². The van der Waals surface area contributed by atoms with Crippen LogP contribution in [0.15, 0.2) is 18.5 Å². The largest absolute Gasteiger partial charge is 3.00 e. The van der Waals surface area contributed by atoms with Crippen molar-refractivity contribution in [1.82, 2.24) is 9.94 Å². The smallest absolute Gasteiger partial charge is 0.405 e. The zero-order chi connectivity index (χ0) is 6.69. The number of rotatable bonds is 2. The summed E-state index contributed by atoms with van der Waals surface area (Å²) in [7, 11) is -1.81. The second kappa shape index (κ2) is 4.46. The summed E-state index contributed by atoms with van der Waals surface area (Å²) in [5, 5.41) is 19.9. The van der Waals surface area contributed by atoms with Gasteiger partial charge in [0.2, 0.25) is 0 Å². The van der Waals surface area contributed by atoms with E-state index in [0.29, 0.717) is 0 Å². The molecule has 7 heteroatoms. The third-order valence-corrected chi connectivity index (χ3v) is 0.682. The third kappa shape index (κ3) is 2.98. The summed E-state index contributed by atoms with van der Waals surface area (Å²) in [6.45, 7) is 0. The van der Waals surface area contributed by atoms with Gasteiger partial charge in [0, 0.05) is 0 Å². The van der Waals surface area contributed by atoms with Crippen molar-refractivity contribution in [3.8, 4) is 0 Å². The fourth-order valence-corrected chi connectivity index (χ4v) is 0.414. The molecular formula is C3H5BIrN2O3+3. The van der Waals surface area contributed by atoms with Crippen molar-refractivity contribution in [3.05, 3.63) is 18.5 Å². The summed E-state index contributed by atoms with van der Waals surface area (Å²) < 4.78 is 4.27. The molecular weight excluding hydrogens is 315 g/mol. The summed E-state index contributed by atoms with van der Waals surface area (Å²) >= 11 is 0. The molecule has 2 N–H and O–H groups in total. The predicted molar refractivity (Wildman–Crippen MR) is 29.0 cm³/mol. The molecule has 0 saturated heterocycles. The molecule has 0 saturated carbocycles. The van der Waals surface area contributed by atoms with Crippen LogP contribution in [-0.2, 0) is 20.1 Å². The van der Waals surface area contributed by atoms with Crippen molar-refractivity contribution in [2.24, 2.45) is 0 Å². The molecule has 5 nitrogen and oxygen atoms in total. The first-order chi connectivity index (χ1) is 4.29. The van der Waals surface area contributed by atoms with Gasteiger partial charge in [-0.15, -0.1) is 9.94 Å². The topological polar surface area (TPSA) is 67.5 Å². The van der Waals surface area contributed by atoms with E-state index < -0.39 is 7.32 Å². The minimum atomic E-state index is -1.81. The zero-order valence-electron chi connectivity index (χ0n) is 4.84. The Morgan fingerprint density at radius 2 is 2.20 bits per heavy atom. The van der Waals surface area contributed by atoms with E-state index in [1.807, 2.05) is 0 Å². The first-order valence-electron chi connectivity index (χ1n) is 2.32. The molecule has 1 aromatic heterocycles. The molecule has 0 atom stereocenters. The van der Waals surface area contributed by atoms with Crippen LogP contribution in [0.25, 0.3) is 0 Å². The maximum Gasteiger partial charge on any atom is 3.00 e. The van der Waals surface area contributed by atoms with Crippen molar-refractivity contribution in [1.29, 1.82) is 0 Å². The van der Waals surface area contributed by atoms with Gasteiger partial charge in [0.1, 0.15) is 0 Å². The van der Waals surface area contributed by atoms with E-state index in [4.69, 9.17) is 10.0 Å². The molecule has 1 aromatic rings. The van der Waals surface area contributed by atoms with Gasteiger partial charge in [0.15, 0.2) is 0 Å². The van der Waals surface area contributed by atoms with Crippen molar-refractivity contribution in [3.63, 3.8) is 0 Å². The van der Waals surface area contributed by atoms with Crippen LogP contribution >= 0.6 is 0 Å². The fourth-order valence-electron chi connectivity index (χ4n) is 0.414. The molecule has 10 heavy (non-hydrogen) atoms. The normalized spacial score (nSPS) is 8.20. The average Bonchev–Trinajstić information content (AvgIpc) is 2.15. The Kier molecular flexibility index (Phi) is 4.30. The van der Waals surface area contributed by atoms with E-state index in [1.165, 1.54) is 12.4 Å². The van der Waals surface area contributed by atoms with Gasteiger partial charge < -0.3 is 14.8 Å². The quantitative estimate of drug-likeness (QED) is 0.636. The van der Waals surface area contributed by atoms with Crippen LogP contribution in [0.4, 0.5) is 0 Å². The van der Waals surface area contributed by atoms with Crippen LogP contribution in [-0.4, -0.2) is 27.3 Å². The van der Waals surface area contributed by atoms with Gasteiger partial charge in [-0.1, -0.05) is 0 Å². The SMILES string of the molecule is OB(O)On1cccn1.[Ir+3]. The van der Waals surface area contributed by atoms with Crippen molar-refractivity contribution >= 4 is 7.32 Å². The molecule has 0 unspecified atom stereocenters. The first kappa shape index (κ1) is 9.64. The molecule has 0 radical (unpaired) electrons. The summed E-state index contributed by atoms with van der Waals surface area (Å²) in [6, 6.07) is 1.60. The number of hydrogen-bond donors (Lipinski definition) is 2. The maximum absolute atomic E-state index is 8.20. The van der Waals surface area contributed by atoms with E-state index in [9.17, 15) is 0 Å². The molecule has 0 aliphatic rings. The zero-order valence-corrected chi connectivity index (χ0v) is 7.23. The van der Waals surface area contributed by atoms with Gasteiger partial charge >= 0.3 is 27.4 Å². The summed E-state index contributed by atoms with van der Waals surface area (Å²) in [4.78, 5) is 0.949. The van der Waals surface area contributed by atoms with Crippen LogP contribution in [0.5, 0.6) is 0 Å². The Morgan fingerprint density at radius 1 is 1.50 bits per heavy atom. The monoisotopic (exact) mass is 321 g/mol. The van der Waals surface area contributed by atoms with Crippen LogP contribution in [0.3, 0.4) is 0 Å². The Hall–Kier alpha value is -0.356. The Bertz CT molecular complexity index is 168. The predicted octanol–water partition coefficient (Wildman–Crippen LogP) is -1.72. The fraction of sp³-hybridized carbons (Fsp3) is 0. The number of hydrogen-bond acceptors (Lipinski definition) is 4. The van der Waals surface area contributed by atoms with Crippen molar-refractivity contribution in [2.75, 3.05) is 0 Å². The molecule has 0 spiro atoms. The molecule has 0 aliphatic carbocycles. The minimum absolute atomic E-state index is 0. The van der Waals surface area contributed by atoms with Crippen molar-refractivity contribution < 1.29 is 34.9 Å². The van der Waals surface area contributed by atoms with E-state index in [0.717, 1.165) is 4.85 Å². The third-order valence-electron chi connectivity index (χ3n) is 0.682. The summed E-state index contributed by atoms with van der Waals surface area (Å²) in [5.41, 5.74) is 0. The maximum atomic E-state index is 8.20. The van der Waals surface area contributed by atoms with Gasteiger partial charge in [0.05, 0.1) is 12.4 Å². The molecule has 0 fully saturated rings. The second-order valence-electron chi connectivity index (χ2n) is 1.34. The van der Waals surface area contributed by atoms with E-state index >= 15 is 0 Å². The molecule has 0 aromatic carbocycles.